The molecule has 1 atom stereocenters. The molecule has 6 heteroatoms. The van der Waals surface area contributed by atoms with Crippen molar-refractivity contribution in [2.75, 3.05) is 32.1 Å². The second-order valence-corrected chi connectivity index (χ2v) is 6.09. The van der Waals surface area contributed by atoms with Gasteiger partial charge in [-0.25, -0.2) is 9.69 Å². The van der Waals surface area contributed by atoms with Crippen LogP contribution >= 0.6 is 0 Å². The lowest BCUT2D eigenvalue weighted by atomic mass is 10.1. The van der Waals surface area contributed by atoms with Crippen molar-refractivity contribution in [2.24, 2.45) is 0 Å². The number of para-hydroxylation sites is 2. The number of anilines is 1. The number of amides is 3. The number of imide groups is 1. The first-order chi connectivity index (χ1) is 12.1. The first kappa shape index (κ1) is 17.0. The quantitative estimate of drug-likeness (QED) is 0.821. The summed E-state index contributed by atoms with van der Waals surface area (Å²) >= 11 is 0. The number of nitrogens with one attached hydrogen (secondary N) is 1. The Kier molecular flexibility index (Phi) is 5.00. The van der Waals surface area contributed by atoms with E-state index in [1.807, 2.05) is 55.4 Å². The topological polar surface area (TPSA) is 61.9 Å². The van der Waals surface area contributed by atoms with Crippen molar-refractivity contribution < 1.29 is 14.3 Å². The Bertz CT molecular complexity index is 762. The summed E-state index contributed by atoms with van der Waals surface area (Å²) in [4.78, 5) is 28.4. The van der Waals surface area contributed by atoms with Gasteiger partial charge in [0.15, 0.2) is 0 Å². The molecular weight excluding hydrogens is 318 g/mol. The maximum absolute atomic E-state index is 12.8. The number of ether oxygens (including phenoxy) is 1. The molecule has 1 aliphatic heterocycles. The number of nitrogens with zero attached hydrogens (tertiary/aromatic N) is 2. The second kappa shape index (κ2) is 7.36. The fourth-order valence-electron chi connectivity index (χ4n) is 2.68. The molecule has 0 spiro atoms. The Morgan fingerprint density at radius 3 is 2.44 bits per heavy atom. The largest absolute Gasteiger partial charge is 0.490 e. The van der Waals surface area contributed by atoms with Gasteiger partial charge in [0.25, 0.3) is 5.91 Å². The lowest BCUT2D eigenvalue weighted by Gasteiger charge is -2.18. The maximum Gasteiger partial charge on any atom is 0.329 e. The number of likely N-dealkylation sites (N-methyl/N-ethyl adjacent to an activating group) is 1. The zero-order chi connectivity index (χ0) is 17.8. The van der Waals surface area contributed by atoms with Gasteiger partial charge in [0.1, 0.15) is 18.4 Å². The van der Waals surface area contributed by atoms with Crippen LogP contribution in [0.15, 0.2) is 54.6 Å². The van der Waals surface area contributed by atoms with Crippen LogP contribution in [0.5, 0.6) is 5.75 Å². The highest BCUT2D eigenvalue weighted by Gasteiger charge is 2.41. The number of carbonyl (C=O) groups excluding carboxylic acids is 2. The number of urea groups is 1. The molecule has 25 heavy (non-hydrogen) atoms. The highest BCUT2D eigenvalue weighted by molar-refractivity contribution is 6.22. The number of carbonyl (C=O) groups is 2. The summed E-state index contributed by atoms with van der Waals surface area (Å²) in [7, 11) is 3.91. The van der Waals surface area contributed by atoms with Gasteiger partial charge in [0, 0.05) is 6.54 Å². The molecule has 1 saturated heterocycles. The third-order valence-corrected chi connectivity index (χ3v) is 3.97. The predicted molar refractivity (Wildman–Crippen MR) is 95.7 cm³/mol. The zero-order valence-electron chi connectivity index (χ0n) is 14.3. The molecule has 130 valence electrons. The summed E-state index contributed by atoms with van der Waals surface area (Å²) in [6.45, 7) is 1.21. The monoisotopic (exact) mass is 339 g/mol. The highest BCUT2D eigenvalue weighted by atomic mass is 16.5. The van der Waals surface area contributed by atoms with E-state index in [0.29, 0.717) is 18.0 Å². The van der Waals surface area contributed by atoms with Gasteiger partial charge in [0.05, 0.1) is 5.69 Å². The molecule has 0 aromatic heterocycles. The van der Waals surface area contributed by atoms with Crippen LogP contribution in [0.2, 0.25) is 0 Å². The van der Waals surface area contributed by atoms with E-state index in [4.69, 9.17) is 4.74 Å². The molecule has 0 saturated carbocycles. The van der Waals surface area contributed by atoms with Gasteiger partial charge in [-0.3, -0.25) is 4.79 Å². The van der Waals surface area contributed by atoms with Crippen LogP contribution in [0.1, 0.15) is 11.6 Å². The van der Waals surface area contributed by atoms with Crippen molar-refractivity contribution in [1.29, 1.82) is 0 Å². The maximum atomic E-state index is 12.8. The van der Waals surface area contributed by atoms with Crippen molar-refractivity contribution in [3.8, 4) is 5.75 Å². The van der Waals surface area contributed by atoms with Crippen molar-refractivity contribution in [3.63, 3.8) is 0 Å². The summed E-state index contributed by atoms with van der Waals surface area (Å²) in [5, 5.41) is 2.74. The van der Waals surface area contributed by atoms with Crippen LogP contribution in [0.4, 0.5) is 10.5 Å². The van der Waals surface area contributed by atoms with Crippen LogP contribution in [0, 0.1) is 0 Å². The lowest BCUT2D eigenvalue weighted by molar-refractivity contribution is -0.118. The number of hydrogen-bond acceptors (Lipinski definition) is 4. The van der Waals surface area contributed by atoms with E-state index in [9.17, 15) is 9.59 Å². The minimum Gasteiger partial charge on any atom is -0.490 e. The molecule has 1 heterocycles. The number of benzene rings is 2. The van der Waals surface area contributed by atoms with Crippen LogP contribution in [0.3, 0.4) is 0 Å². The van der Waals surface area contributed by atoms with Crippen LogP contribution < -0.4 is 15.0 Å². The smallest absolute Gasteiger partial charge is 0.329 e. The number of rotatable bonds is 6. The third kappa shape index (κ3) is 3.64. The second-order valence-electron chi connectivity index (χ2n) is 6.09. The van der Waals surface area contributed by atoms with Gasteiger partial charge >= 0.3 is 6.03 Å². The first-order valence-electron chi connectivity index (χ1n) is 8.14. The fraction of sp³-hybridized carbons (Fsp3) is 0.263. The molecule has 2 aromatic rings. The van der Waals surface area contributed by atoms with Crippen LogP contribution in [-0.4, -0.2) is 44.1 Å². The van der Waals surface area contributed by atoms with E-state index in [1.54, 1.807) is 18.2 Å². The van der Waals surface area contributed by atoms with E-state index in [1.165, 1.54) is 0 Å². The molecular formula is C19H21N3O3. The minimum atomic E-state index is -0.677. The van der Waals surface area contributed by atoms with Crippen LogP contribution in [0.25, 0.3) is 0 Å². The van der Waals surface area contributed by atoms with E-state index in [2.05, 4.69) is 5.32 Å². The molecule has 2 aromatic carbocycles. The van der Waals surface area contributed by atoms with E-state index < -0.39 is 12.1 Å². The zero-order valence-corrected chi connectivity index (χ0v) is 14.3. The van der Waals surface area contributed by atoms with Gasteiger partial charge in [-0.15, -0.1) is 0 Å². The summed E-state index contributed by atoms with van der Waals surface area (Å²) in [6.07, 6.45) is 0. The van der Waals surface area contributed by atoms with E-state index >= 15 is 0 Å². The molecule has 0 aliphatic carbocycles. The molecule has 6 nitrogen and oxygen atoms in total. The van der Waals surface area contributed by atoms with E-state index in [-0.39, 0.29) is 5.91 Å². The molecule has 0 bridgehead atoms. The molecule has 1 fully saturated rings. The Balaban J connectivity index is 1.84. The van der Waals surface area contributed by atoms with Crippen molar-refractivity contribution in [1.82, 2.24) is 10.2 Å². The normalized spacial score (nSPS) is 17.1. The SMILES string of the molecule is CN(C)CCOc1ccccc1N1C(=O)NC(c2ccccc2)C1=O. The highest BCUT2D eigenvalue weighted by Crippen LogP contribution is 2.33. The summed E-state index contributed by atoms with van der Waals surface area (Å²) in [6, 6.07) is 15.2. The van der Waals surface area contributed by atoms with Gasteiger partial charge < -0.3 is 15.0 Å². The Labute approximate surface area is 147 Å². The average Bonchev–Trinajstić information content (AvgIpc) is 2.90. The average molecular weight is 339 g/mol. The van der Waals surface area contributed by atoms with Gasteiger partial charge in [-0.2, -0.15) is 0 Å². The third-order valence-electron chi connectivity index (χ3n) is 3.97. The molecule has 3 amide bonds. The molecule has 0 radical (unpaired) electrons. The standard InChI is InChI=1S/C19H21N3O3/c1-21(2)12-13-25-16-11-7-6-10-15(16)22-18(23)17(20-19(22)24)14-8-4-3-5-9-14/h3-11,17H,12-13H2,1-2H3,(H,20,24). The summed E-state index contributed by atoms with van der Waals surface area (Å²) in [5.74, 6) is 0.210. The molecule has 1 aliphatic rings. The number of hydrogen-bond donors (Lipinski definition) is 1. The van der Waals surface area contributed by atoms with Crippen molar-refractivity contribution in [2.45, 2.75) is 6.04 Å². The van der Waals surface area contributed by atoms with Gasteiger partial charge in [0.2, 0.25) is 0 Å². The predicted octanol–water partition coefficient (Wildman–Crippen LogP) is 2.42. The van der Waals surface area contributed by atoms with Crippen molar-refractivity contribution in [3.05, 3.63) is 60.2 Å². The molecule has 1 N–H and O–H groups in total. The molecule has 3 rings (SSSR count). The fourth-order valence-corrected chi connectivity index (χ4v) is 2.68. The van der Waals surface area contributed by atoms with Gasteiger partial charge in [-0.1, -0.05) is 42.5 Å². The van der Waals surface area contributed by atoms with E-state index in [0.717, 1.165) is 17.0 Å². The van der Waals surface area contributed by atoms with Gasteiger partial charge in [-0.05, 0) is 31.8 Å². The summed E-state index contributed by atoms with van der Waals surface area (Å²) in [5.41, 5.74) is 1.22. The first-order valence-corrected chi connectivity index (χ1v) is 8.14. The van der Waals surface area contributed by atoms with Crippen molar-refractivity contribution >= 4 is 17.6 Å². The summed E-state index contributed by atoms with van der Waals surface area (Å²) < 4.78 is 5.78. The Morgan fingerprint density at radius 2 is 1.72 bits per heavy atom. The Hall–Kier alpha value is -2.86. The Morgan fingerprint density at radius 1 is 1.04 bits per heavy atom. The molecule has 1 unspecified atom stereocenters. The minimum absolute atomic E-state index is 0.306. The lowest BCUT2D eigenvalue weighted by Crippen LogP contribution is -2.31. The van der Waals surface area contributed by atoms with Crippen LogP contribution in [-0.2, 0) is 4.79 Å².